The van der Waals surface area contributed by atoms with Crippen molar-refractivity contribution in [3.63, 3.8) is 0 Å². The summed E-state index contributed by atoms with van der Waals surface area (Å²) in [4.78, 5) is 29.0. The molecule has 0 unspecified atom stereocenters. The first kappa shape index (κ1) is 23.5. The molecule has 4 rings (SSSR count). The Labute approximate surface area is 204 Å². The number of amides is 1. The number of aromatic nitrogens is 1. The molecule has 9 heteroatoms. The monoisotopic (exact) mass is 491 g/mol. The van der Waals surface area contributed by atoms with E-state index in [1.165, 1.54) is 18.0 Å². The molecular weight excluding hydrogens is 470 g/mol. The van der Waals surface area contributed by atoms with Crippen LogP contribution in [-0.4, -0.2) is 35.4 Å². The Morgan fingerprint density at radius 1 is 1.06 bits per heavy atom. The van der Waals surface area contributed by atoms with Gasteiger partial charge in [0.25, 0.3) is 5.91 Å². The maximum Gasteiger partial charge on any atom is 0.343 e. The molecule has 34 heavy (non-hydrogen) atoms. The standard InChI is InChI=1S/C25H21N3O4S2/c1-2-31-21-14-17(12-13-20(21)32-24(30)18-8-4-3-5-9-18)15-26-28-23(29)16-33-25-27-19-10-6-7-11-22(19)34-25/h3-15H,2,16H2,1H3,(H,28,29)/b26-15-. The van der Waals surface area contributed by atoms with E-state index in [9.17, 15) is 9.59 Å². The fraction of sp³-hybridized carbons (Fsp3) is 0.120. The summed E-state index contributed by atoms with van der Waals surface area (Å²) in [5.41, 5.74) is 4.57. The van der Waals surface area contributed by atoms with Crippen LogP contribution in [0.3, 0.4) is 0 Å². The van der Waals surface area contributed by atoms with Crippen LogP contribution < -0.4 is 14.9 Å². The van der Waals surface area contributed by atoms with Gasteiger partial charge in [0.1, 0.15) is 0 Å². The van der Waals surface area contributed by atoms with Gasteiger partial charge in [-0.05, 0) is 55.0 Å². The number of hydrazone groups is 1. The second-order valence-electron chi connectivity index (χ2n) is 6.92. The molecule has 0 bridgehead atoms. The molecule has 0 aliphatic rings. The van der Waals surface area contributed by atoms with Crippen molar-refractivity contribution in [3.8, 4) is 11.5 Å². The number of benzene rings is 3. The van der Waals surface area contributed by atoms with Gasteiger partial charge in [0.2, 0.25) is 0 Å². The Kier molecular flexibility index (Phi) is 7.90. The molecule has 1 aromatic heterocycles. The lowest BCUT2D eigenvalue weighted by Crippen LogP contribution is -2.19. The van der Waals surface area contributed by atoms with Crippen molar-refractivity contribution < 1.29 is 19.1 Å². The van der Waals surface area contributed by atoms with Crippen LogP contribution in [0.4, 0.5) is 0 Å². The molecule has 1 heterocycles. The summed E-state index contributed by atoms with van der Waals surface area (Å²) in [6.07, 6.45) is 1.51. The van der Waals surface area contributed by atoms with Crippen LogP contribution in [0.5, 0.6) is 11.5 Å². The number of para-hydroxylation sites is 1. The zero-order valence-corrected chi connectivity index (χ0v) is 19.9. The van der Waals surface area contributed by atoms with E-state index < -0.39 is 5.97 Å². The smallest absolute Gasteiger partial charge is 0.343 e. The summed E-state index contributed by atoms with van der Waals surface area (Å²) in [6, 6.07) is 21.6. The number of hydrogen-bond donors (Lipinski definition) is 1. The van der Waals surface area contributed by atoms with E-state index in [0.717, 1.165) is 14.6 Å². The lowest BCUT2D eigenvalue weighted by Gasteiger charge is -2.11. The molecule has 0 aliphatic carbocycles. The molecule has 0 atom stereocenters. The van der Waals surface area contributed by atoms with E-state index in [0.29, 0.717) is 29.2 Å². The predicted octanol–water partition coefficient (Wildman–Crippen LogP) is 5.16. The SMILES string of the molecule is CCOc1cc(/C=N\NC(=O)CSc2nc3ccccc3s2)ccc1OC(=O)c1ccccc1. The van der Waals surface area contributed by atoms with Crippen LogP contribution in [0.2, 0.25) is 0 Å². The third-order valence-electron chi connectivity index (χ3n) is 4.48. The quantitative estimate of drug-likeness (QED) is 0.114. The maximum absolute atomic E-state index is 12.4. The maximum atomic E-state index is 12.4. The average Bonchev–Trinajstić information content (AvgIpc) is 3.28. The molecule has 0 radical (unpaired) electrons. The summed E-state index contributed by atoms with van der Waals surface area (Å²) in [5.74, 6) is 0.216. The number of esters is 1. The molecule has 0 aliphatic heterocycles. The first-order valence-electron chi connectivity index (χ1n) is 10.5. The number of hydrogen-bond acceptors (Lipinski definition) is 8. The van der Waals surface area contributed by atoms with Crippen LogP contribution in [0.25, 0.3) is 10.2 Å². The number of carbonyl (C=O) groups is 2. The fourth-order valence-corrected chi connectivity index (χ4v) is 4.80. The highest BCUT2D eigenvalue weighted by atomic mass is 32.2. The Hall–Kier alpha value is -3.69. The topological polar surface area (TPSA) is 89.9 Å². The Balaban J connectivity index is 1.33. The lowest BCUT2D eigenvalue weighted by atomic mass is 10.2. The zero-order chi connectivity index (χ0) is 23.8. The normalized spacial score (nSPS) is 11.0. The summed E-state index contributed by atoms with van der Waals surface area (Å²) in [5, 5.41) is 4.02. The molecule has 7 nitrogen and oxygen atoms in total. The van der Waals surface area contributed by atoms with Crippen LogP contribution >= 0.6 is 23.1 Å². The van der Waals surface area contributed by atoms with Crippen LogP contribution in [0.1, 0.15) is 22.8 Å². The van der Waals surface area contributed by atoms with Crippen LogP contribution in [-0.2, 0) is 4.79 Å². The lowest BCUT2D eigenvalue weighted by molar-refractivity contribution is -0.118. The van der Waals surface area contributed by atoms with Crippen molar-refractivity contribution in [1.29, 1.82) is 0 Å². The number of rotatable bonds is 9. The van der Waals surface area contributed by atoms with Gasteiger partial charge >= 0.3 is 5.97 Å². The first-order valence-corrected chi connectivity index (χ1v) is 12.3. The Morgan fingerprint density at radius 3 is 2.65 bits per heavy atom. The van der Waals surface area contributed by atoms with Crippen LogP contribution in [0, 0.1) is 0 Å². The molecule has 0 spiro atoms. The number of fused-ring (bicyclic) bond motifs is 1. The van der Waals surface area contributed by atoms with Gasteiger partial charge in [0.05, 0.1) is 34.4 Å². The number of nitrogens with zero attached hydrogens (tertiary/aromatic N) is 2. The van der Waals surface area contributed by atoms with E-state index in [-0.39, 0.29) is 11.7 Å². The molecule has 172 valence electrons. The average molecular weight is 492 g/mol. The van der Waals surface area contributed by atoms with Gasteiger partial charge < -0.3 is 9.47 Å². The van der Waals surface area contributed by atoms with Crippen molar-refractivity contribution >= 4 is 51.4 Å². The minimum atomic E-state index is -0.471. The summed E-state index contributed by atoms with van der Waals surface area (Å²) in [7, 11) is 0. The predicted molar refractivity (Wildman–Crippen MR) is 135 cm³/mol. The summed E-state index contributed by atoms with van der Waals surface area (Å²) < 4.78 is 13.0. The van der Waals surface area contributed by atoms with E-state index >= 15 is 0 Å². The molecular formula is C25H21N3O4S2. The number of thiazole rings is 1. The van der Waals surface area contributed by atoms with E-state index in [1.54, 1.807) is 53.8 Å². The van der Waals surface area contributed by atoms with Gasteiger partial charge in [-0.15, -0.1) is 11.3 Å². The van der Waals surface area contributed by atoms with Crippen molar-refractivity contribution in [2.45, 2.75) is 11.3 Å². The minimum Gasteiger partial charge on any atom is -0.490 e. The molecule has 4 aromatic rings. The van der Waals surface area contributed by atoms with Crippen LogP contribution in [0.15, 0.2) is 82.2 Å². The molecule has 3 aromatic carbocycles. The van der Waals surface area contributed by atoms with Gasteiger partial charge in [-0.1, -0.05) is 42.1 Å². The Morgan fingerprint density at radius 2 is 1.85 bits per heavy atom. The van der Waals surface area contributed by atoms with Gasteiger partial charge in [0, 0.05) is 0 Å². The molecule has 0 saturated carbocycles. The molecule has 1 amide bonds. The van der Waals surface area contributed by atoms with E-state index in [4.69, 9.17) is 9.47 Å². The summed E-state index contributed by atoms with van der Waals surface area (Å²) >= 11 is 2.92. The summed E-state index contributed by atoms with van der Waals surface area (Å²) in [6.45, 7) is 2.24. The van der Waals surface area contributed by atoms with Gasteiger partial charge in [-0.3, -0.25) is 4.79 Å². The molecule has 0 fully saturated rings. The zero-order valence-electron chi connectivity index (χ0n) is 18.3. The highest BCUT2D eigenvalue weighted by Crippen LogP contribution is 2.30. The fourth-order valence-electron chi connectivity index (χ4n) is 2.94. The van der Waals surface area contributed by atoms with Gasteiger partial charge in [-0.25, -0.2) is 15.2 Å². The van der Waals surface area contributed by atoms with E-state index in [1.807, 2.05) is 37.3 Å². The highest BCUT2D eigenvalue weighted by molar-refractivity contribution is 8.01. The van der Waals surface area contributed by atoms with Crippen molar-refractivity contribution in [3.05, 3.63) is 83.9 Å². The second-order valence-corrected chi connectivity index (χ2v) is 9.18. The number of ether oxygens (including phenoxy) is 2. The number of nitrogens with one attached hydrogen (secondary N) is 1. The number of carbonyl (C=O) groups excluding carboxylic acids is 2. The molecule has 1 N–H and O–H groups in total. The largest absolute Gasteiger partial charge is 0.490 e. The highest BCUT2D eigenvalue weighted by Gasteiger charge is 2.13. The third-order valence-corrected chi connectivity index (χ3v) is 6.66. The van der Waals surface area contributed by atoms with Gasteiger partial charge in [0.15, 0.2) is 15.8 Å². The minimum absolute atomic E-state index is 0.204. The third kappa shape index (κ3) is 6.21. The van der Waals surface area contributed by atoms with Crippen molar-refractivity contribution in [1.82, 2.24) is 10.4 Å². The second kappa shape index (κ2) is 11.4. The molecule has 0 saturated heterocycles. The van der Waals surface area contributed by atoms with Crippen molar-refractivity contribution in [2.75, 3.05) is 12.4 Å². The first-order chi connectivity index (χ1) is 16.6. The van der Waals surface area contributed by atoms with Gasteiger partial charge in [-0.2, -0.15) is 5.10 Å². The Bertz CT molecular complexity index is 1290. The van der Waals surface area contributed by atoms with Crippen molar-refractivity contribution in [2.24, 2.45) is 5.10 Å². The number of thioether (sulfide) groups is 1. The van der Waals surface area contributed by atoms with E-state index in [2.05, 4.69) is 15.5 Å².